The monoisotopic (exact) mass is 359 g/mol. The number of pyridine rings is 2. The summed E-state index contributed by atoms with van der Waals surface area (Å²) in [7, 11) is 0. The van der Waals surface area contributed by atoms with E-state index in [0.717, 1.165) is 50.4 Å². The molecule has 0 fully saturated rings. The molecule has 0 saturated carbocycles. The molecule has 27 heavy (non-hydrogen) atoms. The molecule has 0 aliphatic carbocycles. The van der Waals surface area contributed by atoms with Crippen LogP contribution in [0.3, 0.4) is 0 Å². The Morgan fingerprint density at radius 3 is 2.56 bits per heavy atom. The lowest BCUT2D eigenvalue weighted by Gasteiger charge is -2.01. The number of rotatable bonds is 4. The molecule has 0 radical (unpaired) electrons. The van der Waals surface area contributed by atoms with Crippen LogP contribution in [0.4, 0.5) is 0 Å². The van der Waals surface area contributed by atoms with E-state index in [-0.39, 0.29) is 12.2 Å². The predicted octanol–water partition coefficient (Wildman–Crippen LogP) is 4.01. The second kappa shape index (κ2) is 6.46. The molecule has 0 saturated heterocycles. The largest absolute Gasteiger partial charge is 0.339 e. The molecule has 136 valence electrons. The third kappa shape index (κ3) is 3.14. The van der Waals surface area contributed by atoms with Gasteiger partial charge in [0, 0.05) is 52.4 Å². The number of H-pyrrole nitrogens is 2. The van der Waals surface area contributed by atoms with Crippen LogP contribution in [0.1, 0.15) is 38.6 Å². The zero-order valence-electron chi connectivity index (χ0n) is 15.8. The Kier molecular flexibility index (Phi) is 4.11. The van der Waals surface area contributed by atoms with Crippen molar-refractivity contribution in [3.8, 4) is 11.3 Å². The first-order valence-electron chi connectivity index (χ1n) is 8.88. The molecule has 0 aromatic carbocycles. The van der Waals surface area contributed by atoms with Gasteiger partial charge < -0.3 is 4.98 Å². The minimum absolute atomic E-state index is 0.00730. The van der Waals surface area contributed by atoms with Gasteiger partial charge in [-0.2, -0.15) is 5.10 Å². The number of aromatic nitrogens is 5. The van der Waals surface area contributed by atoms with Crippen molar-refractivity contribution in [3.05, 3.63) is 64.4 Å². The van der Waals surface area contributed by atoms with Crippen molar-refractivity contribution in [2.24, 2.45) is 0 Å². The van der Waals surface area contributed by atoms with Crippen LogP contribution in [-0.4, -0.2) is 30.9 Å². The average Bonchev–Trinajstić information content (AvgIpc) is 3.21. The average molecular weight is 359 g/mol. The van der Waals surface area contributed by atoms with E-state index in [1.807, 2.05) is 39.1 Å². The van der Waals surface area contributed by atoms with Gasteiger partial charge in [0.05, 0.1) is 0 Å². The summed E-state index contributed by atoms with van der Waals surface area (Å²) in [6.45, 7) is 7.87. The number of nitrogens with one attached hydrogen (secondary N) is 2. The number of nitrogens with zero attached hydrogens (tertiary/aromatic N) is 3. The Labute approximate surface area is 157 Å². The van der Waals surface area contributed by atoms with E-state index in [9.17, 15) is 4.79 Å². The number of carbonyl (C=O) groups is 1. The number of Topliss-reactive ketones (excluding diaryl/α,β-unsaturated/α-hetero) is 1. The highest BCUT2D eigenvalue weighted by molar-refractivity contribution is 5.97. The summed E-state index contributed by atoms with van der Waals surface area (Å²) in [5.74, 6) is -0.00730. The fraction of sp³-hybridized carbons (Fsp3) is 0.238. The van der Waals surface area contributed by atoms with E-state index in [1.165, 1.54) is 0 Å². The Hall–Kier alpha value is -3.28. The van der Waals surface area contributed by atoms with Gasteiger partial charge in [0.25, 0.3) is 0 Å². The van der Waals surface area contributed by atoms with Gasteiger partial charge >= 0.3 is 0 Å². The Bertz CT molecular complexity index is 1170. The second-order valence-electron chi connectivity index (χ2n) is 7.01. The number of carbonyl (C=O) groups excluding carboxylic acids is 1. The summed E-state index contributed by atoms with van der Waals surface area (Å²) in [5.41, 5.74) is 8.16. The van der Waals surface area contributed by atoms with Crippen molar-refractivity contribution in [2.45, 2.75) is 34.1 Å². The minimum Gasteiger partial charge on any atom is -0.339 e. The van der Waals surface area contributed by atoms with E-state index in [4.69, 9.17) is 0 Å². The number of fused-ring (bicyclic) bond motifs is 1. The fourth-order valence-corrected chi connectivity index (χ4v) is 3.13. The molecular weight excluding hydrogens is 338 g/mol. The number of aryl methyl sites for hydroxylation is 3. The summed E-state index contributed by atoms with van der Waals surface area (Å²) in [6.07, 6.45) is 3.88. The molecule has 0 spiro atoms. The number of aromatic amines is 2. The lowest BCUT2D eigenvalue weighted by Crippen LogP contribution is -2.06. The van der Waals surface area contributed by atoms with Gasteiger partial charge in [0.15, 0.2) is 5.78 Å². The third-order valence-corrected chi connectivity index (χ3v) is 5.06. The van der Waals surface area contributed by atoms with Crippen molar-refractivity contribution >= 4 is 16.8 Å². The highest BCUT2D eigenvalue weighted by Gasteiger charge is 2.16. The van der Waals surface area contributed by atoms with Crippen LogP contribution in [0.15, 0.2) is 30.6 Å². The fourth-order valence-electron chi connectivity index (χ4n) is 3.13. The molecular formula is C21H21N5O. The lowest BCUT2D eigenvalue weighted by molar-refractivity contribution is 0.0987. The second-order valence-corrected chi connectivity index (χ2v) is 7.01. The van der Waals surface area contributed by atoms with Gasteiger partial charge in [-0.05, 0) is 57.0 Å². The number of hydrogen-bond acceptors (Lipinski definition) is 4. The van der Waals surface area contributed by atoms with Crippen LogP contribution in [0.5, 0.6) is 0 Å². The quantitative estimate of drug-likeness (QED) is 0.539. The van der Waals surface area contributed by atoms with E-state index in [1.54, 1.807) is 6.20 Å². The molecule has 0 unspecified atom stereocenters. The summed E-state index contributed by atoms with van der Waals surface area (Å²) < 4.78 is 0. The topological polar surface area (TPSA) is 87.3 Å². The molecule has 6 nitrogen and oxygen atoms in total. The van der Waals surface area contributed by atoms with Crippen molar-refractivity contribution in [1.82, 2.24) is 25.1 Å². The highest BCUT2D eigenvalue weighted by atomic mass is 16.1. The molecule has 0 bridgehead atoms. The van der Waals surface area contributed by atoms with Gasteiger partial charge in [0.2, 0.25) is 0 Å². The van der Waals surface area contributed by atoms with Crippen LogP contribution < -0.4 is 0 Å². The van der Waals surface area contributed by atoms with Crippen molar-refractivity contribution in [3.63, 3.8) is 0 Å². The van der Waals surface area contributed by atoms with Crippen LogP contribution in [-0.2, 0) is 6.42 Å². The molecule has 6 heteroatoms. The standard InChI is InChI=1S/C21H21N5O/c1-11-5-17(10-22-13(11)3)18-8-16-6-15(9-23-21(16)24-18)7-19(27)20-12(2)14(4)25-26-20/h5-6,8-10H,7H2,1-4H3,(H,23,24)(H,25,26). The maximum Gasteiger partial charge on any atom is 0.187 e. The van der Waals surface area contributed by atoms with Crippen LogP contribution >= 0.6 is 0 Å². The molecule has 2 N–H and O–H groups in total. The first-order valence-corrected chi connectivity index (χ1v) is 8.88. The zero-order chi connectivity index (χ0) is 19.1. The van der Waals surface area contributed by atoms with Crippen molar-refractivity contribution in [1.29, 1.82) is 0 Å². The van der Waals surface area contributed by atoms with Crippen molar-refractivity contribution in [2.75, 3.05) is 0 Å². The van der Waals surface area contributed by atoms with Gasteiger partial charge in [0.1, 0.15) is 11.3 Å². The Morgan fingerprint density at radius 1 is 1.04 bits per heavy atom. The normalized spacial score (nSPS) is 11.3. The molecule has 0 aliphatic rings. The molecule has 0 atom stereocenters. The minimum atomic E-state index is -0.00730. The predicted molar refractivity (Wildman–Crippen MR) is 105 cm³/mol. The van der Waals surface area contributed by atoms with Crippen LogP contribution in [0.25, 0.3) is 22.3 Å². The molecule has 0 amide bonds. The van der Waals surface area contributed by atoms with Gasteiger partial charge in [-0.25, -0.2) is 4.98 Å². The molecule has 4 heterocycles. The van der Waals surface area contributed by atoms with Gasteiger partial charge in [-0.3, -0.25) is 14.9 Å². The maximum atomic E-state index is 12.6. The first-order chi connectivity index (χ1) is 12.9. The summed E-state index contributed by atoms with van der Waals surface area (Å²) in [4.78, 5) is 24.8. The van der Waals surface area contributed by atoms with Gasteiger partial charge in [-0.15, -0.1) is 0 Å². The van der Waals surface area contributed by atoms with Gasteiger partial charge in [-0.1, -0.05) is 0 Å². The smallest absolute Gasteiger partial charge is 0.187 e. The van der Waals surface area contributed by atoms with E-state index in [0.29, 0.717) is 5.69 Å². The zero-order valence-corrected chi connectivity index (χ0v) is 15.8. The Morgan fingerprint density at radius 2 is 1.85 bits per heavy atom. The van der Waals surface area contributed by atoms with Crippen LogP contribution in [0, 0.1) is 27.7 Å². The maximum absolute atomic E-state index is 12.6. The Balaban J connectivity index is 1.63. The van der Waals surface area contributed by atoms with Crippen LogP contribution in [0.2, 0.25) is 0 Å². The summed E-state index contributed by atoms with van der Waals surface area (Å²) >= 11 is 0. The van der Waals surface area contributed by atoms with E-state index >= 15 is 0 Å². The summed E-state index contributed by atoms with van der Waals surface area (Å²) in [5, 5.41) is 7.97. The summed E-state index contributed by atoms with van der Waals surface area (Å²) in [6, 6.07) is 6.16. The lowest BCUT2D eigenvalue weighted by atomic mass is 10.0. The highest BCUT2D eigenvalue weighted by Crippen LogP contribution is 2.25. The van der Waals surface area contributed by atoms with E-state index in [2.05, 4.69) is 38.1 Å². The molecule has 4 rings (SSSR count). The third-order valence-electron chi connectivity index (χ3n) is 5.06. The molecule has 4 aromatic heterocycles. The SMILES string of the molecule is Cc1cc(-c2cc3cc(CC(=O)c4n[nH]c(C)c4C)cnc3[nH]2)cnc1C. The molecule has 0 aliphatic heterocycles. The van der Waals surface area contributed by atoms with Crippen molar-refractivity contribution < 1.29 is 4.79 Å². The molecule has 4 aromatic rings. The first kappa shape index (κ1) is 17.1. The number of ketones is 1. The number of hydrogen-bond donors (Lipinski definition) is 2. The van der Waals surface area contributed by atoms with E-state index < -0.39 is 0 Å².